The van der Waals surface area contributed by atoms with Gasteiger partial charge < -0.3 is 5.32 Å². The fraction of sp³-hybridized carbons (Fsp3) is 0.385. The molecule has 0 unspecified atom stereocenters. The zero-order valence-corrected chi connectivity index (χ0v) is 11.3. The Morgan fingerprint density at radius 3 is 2.67 bits per heavy atom. The molecular weight excluding hydrogens is 299 g/mol. The molecule has 0 bridgehead atoms. The number of nitrogens with zero attached hydrogens (tertiary/aromatic N) is 1. The predicted molar refractivity (Wildman–Crippen MR) is 69.2 cm³/mol. The Kier molecular flexibility index (Phi) is 3.67. The van der Waals surface area contributed by atoms with E-state index in [1.165, 1.54) is 6.07 Å². The van der Waals surface area contributed by atoms with Crippen molar-refractivity contribution >= 4 is 27.5 Å². The van der Waals surface area contributed by atoms with Gasteiger partial charge in [-0.05, 0) is 40.9 Å². The first kappa shape index (κ1) is 13.0. The van der Waals surface area contributed by atoms with Crippen molar-refractivity contribution in [3.8, 4) is 6.07 Å². The molecule has 1 aromatic rings. The van der Waals surface area contributed by atoms with Crippen molar-refractivity contribution in [2.45, 2.75) is 25.7 Å². The molecule has 1 N–H and O–H groups in total. The summed E-state index contributed by atoms with van der Waals surface area (Å²) >= 11 is 3.19. The van der Waals surface area contributed by atoms with Crippen LogP contribution in [-0.2, 0) is 4.79 Å². The normalized spacial score (nSPS) is 17.2. The Morgan fingerprint density at radius 1 is 1.44 bits per heavy atom. The fourth-order valence-electron chi connectivity index (χ4n) is 2.22. The van der Waals surface area contributed by atoms with Gasteiger partial charge in [0.1, 0.15) is 11.2 Å². The van der Waals surface area contributed by atoms with Crippen LogP contribution < -0.4 is 5.32 Å². The highest BCUT2D eigenvalue weighted by Crippen LogP contribution is 2.39. The van der Waals surface area contributed by atoms with E-state index in [4.69, 9.17) is 0 Å². The fourth-order valence-corrected chi connectivity index (χ4v) is 2.66. The number of amides is 1. The van der Waals surface area contributed by atoms with E-state index < -0.39 is 17.1 Å². The van der Waals surface area contributed by atoms with Gasteiger partial charge in [-0.1, -0.05) is 18.9 Å². The lowest BCUT2D eigenvalue weighted by molar-refractivity contribution is -0.122. The molecule has 0 spiro atoms. The molecule has 1 aromatic carbocycles. The smallest absolute Gasteiger partial charge is 0.244 e. The largest absolute Gasteiger partial charge is 0.321 e. The molecule has 1 aliphatic carbocycles. The van der Waals surface area contributed by atoms with E-state index in [0.717, 1.165) is 12.8 Å². The molecule has 0 heterocycles. The second-order valence-corrected chi connectivity index (χ2v) is 5.31. The van der Waals surface area contributed by atoms with E-state index >= 15 is 0 Å². The Hall–Kier alpha value is -1.41. The summed E-state index contributed by atoms with van der Waals surface area (Å²) in [5, 5.41) is 11.7. The van der Waals surface area contributed by atoms with Gasteiger partial charge in [0.25, 0.3) is 0 Å². The number of halogens is 2. The van der Waals surface area contributed by atoms with Crippen LogP contribution in [0.25, 0.3) is 0 Å². The second-order valence-electron chi connectivity index (χ2n) is 4.45. The summed E-state index contributed by atoms with van der Waals surface area (Å²) in [7, 11) is 0. The van der Waals surface area contributed by atoms with Crippen LogP contribution in [0.1, 0.15) is 25.7 Å². The standard InChI is InChI=1S/C13H12BrFN2O/c14-9-4-3-5-10(15)11(9)17-12(18)13(8-16)6-1-2-7-13/h3-5H,1-2,6-7H2,(H,17,18). The number of nitriles is 1. The maximum absolute atomic E-state index is 13.6. The van der Waals surface area contributed by atoms with Crippen LogP contribution in [0.2, 0.25) is 0 Å². The van der Waals surface area contributed by atoms with Crippen molar-refractivity contribution < 1.29 is 9.18 Å². The van der Waals surface area contributed by atoms with Crippen molar-refractivity contribution in [2.24, 2.45) is 5.41 Å². The number of nitrogens with one attached hydrogen (secondary N) is 1. The lowest BCUT2D eigenvalue weighted by Gasteiger charge is -2.19. The van der Waals surface area contributed by atoms with Gasteiger partial charge in [0.05, 0.1) is 11.8 Å². The van der Waals surface area contributed by atoms with Gasteiger partial charge in [0.15, 0.2) is 0 Å². The number of carbonyl (C=O) groups is 1. The molecule has 94 valence electrons. The number of hydrogen-bond acceptors (Lipinski definition) is 2. The highest BCUT2D eigenvalue weighted by Gasteiger charge is 2.41. The van der Waals surface area contributed by atoms with Gasteiger partial charge in [-0.2, -0.15) is 5.26 Å². The molecule has 0 atom stereocenters. The van der Waals surface area contributed by atoms with Crippen LogP contribution in [0, 0.1) is 22.6 Å². The molecule has 0 aliphatic heterocycles. The molecular formula is C13H12BrFN2O. The maximum atomic E-state index is 13.6. The summed E-state index contributed by atoms with van der Waals surface area (Å²) in [6.45, 7) is 0. The van der Waals surface area contributed by atoms with Crippen molar-refractivity contribution in [2.75, 3.05) is 5.32 Å². The van der Waals surface area contributed by atoms with Crippen LogP contribution in [0.15, 0.2) is 22.7 Å². The molecule has 1 aliphatic rings. The number of anilines is 1. The third-order valence-electron chi connectivity index (χ3n) is 3.31. The highest BCUT2D eigenvalue weighted by atomic mass is 79.9. The van der Waals surface area contributed by atoms with Gasteiger partial charge in [0, 0.05) is 4.47 Å². The van der Waals surface area contributed by atoms with Gasteiger partial charge in [0.2, 0.25) is 5.91 Å². The van der Waals surface area contributed by atoms with E-state index in [1.54, 1.807) is 12.1 Å². The molecule has 1 saturated carbocycles. The van der Waals surface area contributed by atoms with E-state index in [9.17, 15) is 14.4 Å². The minimum atomic E-state index is -0.998. The third-order valence-corrected chi connectivity index (χ3v) is 3.97. The number of para-hydroxylation sites is 1. The summed E-state index contributed by atoms with van der Waals surface area (Å²) in [4.78, 5) is 12.2. The zero-order valence-electron chi connectivity index (χ0n) is 9.67. The summed E-state index contributed by atoms with van der Waals surface area (Å²) < 4.78 is 14.1. The molecule has 0 radical (unpaired) electrons. The van der Waals surface area contributed by atoms with Gasteiger partial charge in [-0.3, -0.25) is 4.79 Å². The average Bonchev–Trinajstić information content (AvgIpc) is 2.84. The summed E-state index contributed by atoms with van der Waals surface area (Å²) in [5.41, 5.74) is -0.897. The van der Waals surface area contributed by atoms with Crippen molar-refractivity contribution in [3.63, 3.8) is 0 Å². The molecule has 0 aromatic heterocycles. The van der Waals surface area contributed by atoms with Crippen LogP contribution >= 0.6 is 15.9 Å². The summed E-state index contributed by atoms with van der Waals surface area (Å²) in [6.07, 6.45) is 2.81. The Labute approximate surface area is 113 Å². The lowest BCUT2D eigenvalue weighted by atomic mass is 9.87. The van der Waals surface area contributed by atoms with E-state index in [-0.39, 0.29) is 5.69 Å². The second kappa shape index (κ2) is 5.07. The van der Waals surface area contributed by atoms with Crippen molar-refractivity contribution in [1.29, 1.82) is 5.26 Å². The van der Waals surface area contributed by atoms with Crippen molar-refractivity contribution in [1.82, 2.24) is 0 Å². The molecule has 0 saturated heterocycles. The molecule has 1 amide bonds. The number of carbonyl (C=O) groups excluding carboxylic acids is 1. The van der Waals surface area contributed by atoms with Crippen LogP contribution in [0.4, 0.5) is 10.1 Å². The molecule has 18 heavy (non-hydrogen) atoms. The third kappa shape index (κ3) is 2.25. The molecule has 5 heteroatoms. The first-order valence-corrected chi connectivity index (χ1v) is 6.55. The Bertz CT molecular complexity index is 498. The van der Waals surface area contributed by atoms with E-state index in [2.05, 4.69) is 27.3 Å². The van der Waals surface area contributed by atoms with E-state index in [0.29, 0.717) is 17.3 Å². The lowest BCUT2D eigenvalue weighted by Crippen LogP contribution is -2.32. The first-order chi connectivity index (χ1) is 8.59. The minimum Gasteiger partial charge on any atom is -0.321 e. The van der Waals surface area contributed by atoms with Crippen LogP contribution in [0.3, 0.4) is 0 Å². The monoisotopic (exact) mass is 310 g/mol. The molecule has 2 rings (SSSR count). The van der Waals surface area contributed by atoms with Gasteiger partial charge in [-0.25, -0.2) is 4.39 Å². The number of benzene rings is 1. The summed E-state index contributed by atoms with van der Waals surface area (Å²) in [6, 6.07) is 6.55. The quantitative estimate of drug-likeness (QED) is 0.907. The topological polar surface area (TPSA) is 52.9 Å². The molecule has 1 fully saturated rings. The highest BCUT2D eigenvalue weighted by molar-refractivity contribution is 9.10. The van der Waals surface area contributed by atoms with Crippen molar-refractivity contribution in [3.05, 3.63) is 28.5 Å². The number of rotatable bonds is 2. The molecule has 3 nitrogen and oxygen atoms in total. The van der Waals surface area contributed by atoms with Crippen LogP contribution in [0.5, 0.6) is 0 Å². The Morgan fingerprint density at radius 2 is 2.11 bits per heavy atom. The van der Waals surface area contributed by atoms with E-state index in [1.807, 2.05) is 0 Å². The number of hydrogen-bond donors (Lipinski definition) is 1. The zero-order chi connectivity index (χ0) is 13.2. The predicted octanol–water partition coefficient (Wildman–Crippen LogP) is 3.61. The minimum absolute atomic E-state index is 0.101. The first-order valence-electron chi connectivity index (χ1n) is 5.76. The van der Waals surface area contributed by atoms with Gasteiger partial charge >= 0.3 is 0 Å². The maximum Gasteiger partial charge on any atom is 0.244 e. The average molecular weight is 311 g/mol. The SMILES string of the molecule is N#CC1(C(=O)Nc2c(F)cccc2Br)CCCC1. The summed E-state index contributed by atoms with van der Waals surface area (Å²) in [5.74, 6) is -0.919. The Balaban J connectivity index is 2.24. The van der Waals surface area contributed by atoms with Crippen LogP contribution in [-0.4, -0.2) is 5.91 Å². The van der Waals surface area contributed by atoms with Gasteiger partial charge in [-0.15, -0.1) is 0 Å².